The van der Waals surface area contributed by atoms with E-state index in [1.54, 1.807) is 24.1 Å². The quantitative estimate of drug-likeness (QED) is 0.629. The summed E-state index contributed by atoms with van der Waals surface area (Å²) in [6.45, 7) is 8.09. The van der Waals surface area contributed by atoms with Crippen LogP contribution in [0.1, 0.15) is 38.3 Å². The summed E-state index contributed by atoms with van der Waals surface area (Å²) in [6, 6.07) is 10.1. The Labute approximate surface area is 179 Å². The van der Waals surface area contributed by atoms with Gasteiger partial charge in [-0.15, -0.1) is 0 Å². The lowest BCUT2D eigenvalue weighted by Crippen LogP contribution is -2.40. The van der Waals surface area contributed by atoms with Crippen LogP contribution in [0.4, 0.5) is 5.69 Å². The largest absolute Gasteiger partial charge is 0.491 e. The Morgan fingerprint density at radius 1 is 1.30 bits per heavy atom. The Morgan fingerprint density at radius 2 is 2.13 bits per heavy atom. The van der Waals surface area contributed by atoms with Gasteiger partial charge in [-0.1, -0.05) is 12.1 Å². The maximum absolute atomic E-state index is 12.7. The van der Waals surface area contributed by atoms with Gasteiger partial charge in [0.15, 0.2) is 0 Å². The predicted octanol–water partition coefficient (Wildman–Crippen LogP) is 2.95. The number of likely N-dealkylation sites (tertiary alicyclic amines) is 1. The maximum atomic E-state index is 12.7. The number of aromatic nitrogens is 2. The van der Waals surface area contributed by atoms with Crippen molar-refractivity contribution in [1.29, 1.82) is 0 Å². The van der Waals surface area contributed by atoms with Crippen LogP contribution in [-0.4, -0.2) is 61.2 Å². The number of anilines is 1. The molecular weight excluding hydrogens is 380 g/mol. The minimum Gasteiger partial charge on any atom is -0.491 e. The molecule has 0 spiro atoms. The first-order chi connectivity index (χ1) is 14.5. The number of nitrogens with zero attached hydrogens (tertiary/aromatic N) is 4. The maximum Gasteiger partial charge on any atom is 0.269 e. The van der Waals surface area contributed by atoms with Crippen LogP contribution in [0.3, 0.4) is 0 Å². The molecule has 7 nitrogen and oxygen atoms in total. The summed E-state index contributed by atoms with van der Waals surface area (Å²) in [5.74, 6) is 0.905. The highest BCUT2D eigenvalue weighted by Crippen LogP contribution is 2.23. The van der Waals surface area contributed by atoms with Gasteiger partial charge >= 0.3 is 0 Å². The molecule has 0 radical (unpaired) electrons. The van der Waals surface area contributed by atoms with Crippen molar-refractivity contribution in [3.63, 3.8) is 0 Å². The number of rotatable bonds is 9. The molecule has 0 aliphatic carbocycles. The molecule has 0 unspecified atom stereocenters. The number of likely N-dealkylation sites (N-methyl/N-ethyl adjacent to an activating group) is 1. The van der Waals surface area contributed by atoms with Gasteiger partial charge in [-0.3, -0.25) is 9.69 Å². The van der Waals surface area contributed by atoms with Crippen LogP contribution in [0, 0.1) is 0 Å². The number of ether oxygens (including phenoxy) is 2. The Kier molecular flexibility index (Phi) is 7.87. The van der Waals surface area contributed by atoms with E-state index < -0.39 is 0 Å². The molecule has 0 amide bonds. The van der Waals surface area contributed by atoms with Crippen molar-refractivity contribution in [2.24, 2.45) is 0 Å². The van der Waals surface area contributed by atoms with Gasteiger partial charge in [0.25, 0.3) is 5.56 Å². The van der Waals surface area contributed by atoms with Gasteiger partial charge in [0, 0.05) is 39.9 Å². The Bertz CT molecular complexity index is 868. The van der Waals surface area contributed by atoms with E-state index in [1.165, 1.54) is 5.56 Å². The molecule has 1 saturated heterocycles. The van der Waals surface area contributed by atoms with Gasteiger partial charge in [0.1, 0.15) is 5.75 Å². The molecule has 1 aromatic carbocycles. The van der Waals surface area contributed by atoms with Crippen LogP contribution < -0.4 is 15.2 Å². The normalized spacial score (nSPS) is 17.3. The smallest absolute Gasteiger partial charge is 0.269 e. The van der Waals surface area contributed by atoms with Crippen molar-refractivity contribution in [3.8, 4) is 5.75 Å². The Hall–Kier alpha value is -2.38. The van der Waals surface area contributed by atoms with E-state index >= 15 is 0 Å². The average molecular weight is 415 g/mol. The number of hydrogen-bond acceptors (Lipinski definition) is 6. The highest BCUT2D eigenvalue weighted by atomic mass is 16.5. The molecule has 1 aromatic heterocycles. The average Bonchev–Trinajstić information content (AvgIpc) is 2.72. The number of hydrogen-bond donors (Lipinski definition) is 0. The highest BCUT2D eigenvalue weighted by molar-refractivity contribution is 5.41. The minimum absolute atomic E-state index is 0.0454. The monoisotopic (exact) mass is 414 g/mol. The fourth-order valence-electron chi connectivity index (χ4n) is 3.87. The van der Waals surface area contributed by atoms with Gasteiger partial charge in [0.05, 0.1) is 30.6 Å². The topological polar surface area (TPSA) is 59.8 Å². The summed E-state index contributed by atoms with van der Waals surface area (Å²) < 4.78 is 12.6. The van der Waals surface area contributed by atoms with Crippen molar-refractivity contribution in [3.05, 3.63) is 52.4 Å². The molecule has 0 N–H and O–H groups in total. The van der Waals surface area contributed by atoms with Crippen LogP contribution in [0.25, 0.3) is 0 Å². The first-order valence-corrected chi connectivity index (χ1v) is 10.7. The number of methoxy groups -OCH3 is 1. The molecule has 0 bridgehead atoms. The zero-order chi connectivity index (χ0) is 21.5. The van der Waals surface area contributed by atoms with Crippen LogP contribution in [0.2, 0.25) is 0 Å². The lowest BCUT2D eigenvalue weighted by molar-refractivity contribution is 0.159. The molecule has 1 fully saturated rings. The third kappa shape index (κ3) is 6.06. The lowest BCUT2D eigenvalue weighted by atomic mass is 10.0. The summed E-state index contributed by atoms with van der Waals surface area (Å²) in [5.41, 5.74) is 2.00. The molecule has 1 aliphatic heterocycles. The second kappa shape index (κ2) is 10.6. The van der Waals surface area contributed by atoms with Gasteiger partial charge in [-0.25, -0.2) is 4.68 Å². The highest BCUT2D eigenvalue weighted by Gasteiger charge is 2.23. The van der Waals surface area contributed by atoms with Gasteiger partial charge < -0.3 is 14.4 Å². The molecule has 2 heterocycles. The molecule has 30 heavy (non-hydrogen) atoms. The predicted molar refractivity (Wildman–Crippen MR) is 119 cm³/mol. The molecule has 3 rings (SSSR count). The van der Waals surface area contributed by atoms with Crippen molar-refractivity contribution >= 4 is 5.69 Å². The third-order valence-corrected chi connectivity index (χ3v) is 5.39. The third-order valence-electron chi connectivity index (χ3n) is 5.39. The summed E-state index contributed by atoms with van der Waals surface area (Å²) in [5, 5.41) is 4.49. The Balaban J connectivity index is 1.65. The van der Waals surface area contributed by atoms with Crippen molar-refractivity contribution in [1.82, 2.24) is 14.7 Å². The van der Waals surface area contributed by atoms with Gasteiger partial charge in [0.2, 0.25) is 0 Å². The molecule has 1 atom stereocenters. The van der Waals surface area contributed by atoms with E-state index in [4.69, 9.17) is 9.47 Å². The summed E-state index contributed by atoms with van der Waals surface area (Å²) in [7, 11) is 3.62. The zero-order valence-corrected chi connectivity index (χ0v) is 18.6. The molecule has 2 aromatic rings. The number of piperidine rings is 1. The van der Waals surface area contributed by atoms with Gasteiger partial charge in [-0.05, 0) is 50.9 Å². The van der Waals surface area contributed by atoms with E-state index in [9.17, 15) is 4.79 Å². The fraction of sp³-hybridized carbons (Fsp3) is 0.565. The zero-order valence-electron chi connectivity index (χ0n) is 18.6. The first-order valence-electron chi connectivity index (χ1n) is 10.7. The second-order valence-corrected chi connectivity index (χ2v) is 8.26. The van der Waals surface area contributed by atoms with E-state index in [0.29, 0.717) is 6.61 Å². The molecule has 164 valence electrons. The first kappa shape index (κ1) is 22.3. The molecule has 0 saturated carbocycles. The van der Waals surface area contributed by atoms with Crippen molar-refractivity contribution in [2.75, 3.05) is 45.3 Å². The van der Waals surface area contributed by atoms with Crippen molar-refractivity contribution in [2.45, 2.75) is 45.4 Å². The van der Waals surface area contributed by atoms with Crippen LogP contribution in [-0.2, 0) is 11.3 Å². The van der Waals surface area contributed by atoms with E-state index in [-0.39, 0.29) is 17.7 Å². The summed E-state index contributed by atoms with van der Waals surface area (Å²) in [4.78, 5) is 17.1. The van der Waals surface area contributed by atoms with E-state index in [0.717, 1.165) is 50.5 Å². The van der Waals surface area contributed by atoms with E-state index in [1.807, 2.05) is 37.9 Å². The second-order valence-electron chi connectivity index (χ2n) is 8.26. The minimum atomic E-state index is -0.0454. The summed E-state index contributed by atoms with van der Waals surface area (Å²) >= 11 is 0. The van der Waals surface area contributed by atoms with Gasteiger partial charge in [-0.2, -0.15) is 5.10 Å². The van der Waals surface area contributed by atoms with E-state index in [2.05, 4.69) is 22.1 Å². The molecular formula is C23H34N4O3. The Morgan fingerprint density at radius 3 is 2.87 bits per heavy atom. The fourth-order valence-corrected chi connectivity index (χ4v) is 3.87. The standard InChI is InChI=1S/C23H34N4O3/c1-18(2)30-22-9-5-7-19(13-22)16-26-10-6-8-20(17-26)27-23(28)14-21(15-24-27)25(3)11-12-29-4/h5,7,9,13-15,18,20H,6,8,10-12,16-17H2,1-4H3/t20-/m0/s1. The van der Waals surface area contributed by atoms with Crippen LogP contribution in [0.5, 0.6) is 5.75 Å². The SMILES string of the molecule is COCCN(C)c1cnn([C@H]2CCCN(Cc3cccc(OC(C)C)c3)C2)c(=O)c1. The van der Waals surface area contributed by atoms with Crippen LogP contribution >= 0.6 is 0 Å². The number of benzene rings is 1. The van der Waals surface area contributed by atoms with Crippen LogP contribution in [0.15, 0.2) is 41.3 Å². The van der Waals surface area contributed by atoms with Crippen molar-refractivity contribution < 1.29 is 9.47 Å². The molecule has 7 heteroatoms. The summed E-state index contributed by atoms with van der Waals surface area (Å²) in [6.07, 6.45) is 3.96. The lowest BCUT2D eigenvalue weighted by Gasteiger charge is -2.33. The molecule has 1 aliphatic rings.